The monoisotopic (exact) mass is 323 g/mol. The van der Waals surface area contributed by atoms with Gasteiger partial charge in [-0.1, -0.05) is 63.6 Å². The SMILES string of the molecule is Cc1cccc(C2(O)CC(C)CCC2C(C)(C)c2ccccc2)n1. The molecule has 0 aliphatic heterocycles. The Morgan fingerprint density at radius 3 is 2.42 bits per heavy atom. The summed E-state index contributed by atoms with van der Waals surface area (Å²) in [7, 11) is 0. The van der Waals surface area contributed by atoms with Crippen molar-refractivity contribution in [2.24, 2.45) is 11.8 Å². The zero-order valence-electron chi connectivity index (χ0n) is 15.3. The topological polar surface area (TPSA) is 33.1 Å². The van der Waals surface area contributed by atoms with Crippen LogP contribution < -0.4 is 0 Å². The fourth-order valence-electron chi connectivity index (χ4n) is 4.56. The van der Waals surface area contributed by atoms with Crippen LogP contribution in [0.5, 0.6) is 0 Å². The second kappa shape index (κ2) is 6.33. The van der Waals surface area contributed by atoms with Gasteiger partial charge in [0.05, 0.1) is 5.69 Å². The van der Waals surface area contributed by atoms with Gasteiger partial charge < -0.3 is 5.11 Å². The maximum absolute atomic E-state index is 11.8. The van der Waals surface area contributed by atoms with Crippen molar-refractivity contribution in [2.75, 3.05) is 0 Å². The fraction of sp³-hybridized carbons (Fsp3) is 0.500. The van der Waals surface area contributed by atoms with Crippen LogP contribution in [-0.2, 0) is 11.0 Å². The first-order valence-corrected chi connectivity index (χ1v) is 9.06. The molecular weight excluding hydrogens is 294 g/mol. The van der Waals surface area contributed by atoms with Crippen LogP contribution in [0.1, 0.15) is 57.0 Å². The van der Waals surface area contributed by atoms with Crippen molar-refractivity contribution in [3.05, 3.63) is 65.5 Å². The van der Waals surface area contributed by atoms with Crippen LogP contribution >= 0.6 is 0 Å². The number of hydrogen-bond acceptors (Lipinski definition) is 2. The third-order valence-electron chi connectivity index (χ3n) is 5.91. The van der Waals surface area contributed by atoms with Crippen LogP contribution in [0.25, 0.3) is 0 Å². The van der Waals surface area contributed by atoms with E-state index in [9.17, 15) is 5.11 Å². The molecule has 1 fully saturated rings. The standard InChI is InChI=1S/C22H29NO/c1-16-13-14-19(21(3,4)18-10-6-5-7-11-18)22(24,15-16)20-12-8-9-17(2)23-20/h5-12,16,19,24H,13-15H2,1-4H3. The van der Waals surface area contributed by atoms with Crippen molar-refractivity contribution in [1.29, 1.82) is 0 Å². The highest BCUT2D eigenvalue weighted by Gasteiger charge is 2.50. The molecule has 2 heteroatoms. The summed E-state index contributed by atoms with van der Waals surface area (Å²) < 4.78 is 0. The summed E-state index contributed by atoms with van der Waals surface area (Å²) in [5.41, 5.74) is 2.11. The molecule has 3 rings (SSSR count). The number of aliphatic hydroxyl groups is 1. The van der Waals surface area contributed by atoms with Crippen LogP contribution in [0.2, 0.25) is 0 Å². The minimum absolute atomic E-state index is 0.110. The molecule has 1 N–H and O–H groups in total. The van der Waals surface area contributed by atoms with E-state index in [1.165, 1.54) is 5.56 Å². The van der Waals surface area contributed by atoms with Crippen molar-refractivity contribution < 1.29 is 5.11 Å². The Balaban J connectivity index is 2.07. The van der Waals surface area contributed by atoms with E-state index >= 15 is 0 Å². The lowest BCUT2D eigenvalue weighted by atomic mass is 9.58. The zero-order chi connectivity index (χ0) is 17.4. The largest absolute Gasteiger partial charge is 0.383 e. The zero-order valence-corrected chi connectivity index (χ0v) is 15.3. The molecule has 1 aliphatic carbocycles. The van der Waals surface area contributed by atoms with E-state index < -0.39 is 5.60 Å². The Morgan fingerprint density at radius 1 is 1.04 bits per heavy atom. The van der Waals surface area contributed by atoms with Gasteiger partial charge in [-0.2, -0.15) is 0 Å². The Hall–Kier alpha value is -1.67. The average molecular weight is 323 g/mol. The fourth-order valence-corrected chi connectivity index (χ4v) is 4.56. The molecule has 1 heterocycles. The Bertz CT molecular complexity index is 694. The van der Waals surface area contributed by atoms with Gasteiger partial charge in [0.1, 0.15) is 5.60 Å². The van der Waals surface area contributed by atoms with Crippen molar-refractivity contribution in [3.63, 3.8) is 0 Å². The normalized spacial score (nSPS) is 27.9. The van der Waals surface area contributed by atoms with E-state index in [0.717, 1.165) is 30.7 Å². The number of aromatic nitrogens is 1. The predicted octanol–water partition coefficient (Wildman–Crippen LogP) is 4.99. The van der Waals surface area contributed by atoms with Crippen LogP contribution in [-0.4, -0.2) is 10.1 Å². The maximum atomic E-state index is 11.8. The van der Waals surface area contributed by atoms with Gasteiger partial charge in [0.2, 0.25) is 0 Å². The van der Waals surface area contributed by atoms with Crippen LogP contribution in [0.15, 0.2) is 48.5 Å². The molecule has 0 saturated heterocycles. The molecule has 2 aromatic rings. The Morgan fingerprint density at radius 2 is 1.75 bits per heavy atom. The first kappa shape index (κ1) is 17.2. The number of pyridine rings is 1. The van der Waals surface area contributed by atoms with Gasteiger partial charge in [0, 0.05) is 11.6 Å². The Labute approximate surface area is 146 Å². The molecule has 0 radical (unpaired) electrons. The van der Waals surface area contributed by atoms with E-state index in [-0.39, 0.29) is 11.3 Å². The van der Waals surface area contributed by atoms with Crippen molar-refractivity contribution in [1.82, 2.24) is 4.98 Å². The summed E-state index contributed by atoms with van der Waals surface area (Å²) >= 11 is 0. The van der Waals surface area contributed by atoms with Crippen LogP contribution in [0, 0.1) is 18.8 Å². The average Bonchev–Trinajstić information content (AvgIpc) is 2.55. The second-order valence-electron chi connectivity index (χ2n) is 8.12. The van der Waals surface area contributed by atoms with E-state index in [1.807, 2.05) is 25.1 Å². The molecule has 3 unspecified atom stereocenters. The van der Waals surface area contributed by atoms with Crippen LogP contribution in [0.3, 0.4) is 0 Å². The second-order valence-corrected chi connectivity index (χ2v) is 8.12. The first-order chi connectivity index (χ1) is 11.3. The summed E-state index contributed by atoms with van der Waals surface area (Å²) in [6, 6.07) is 16.6. The smallest absolute Gasteiger partial charge is 0.110 e. The molecule has 128 valence electrons. The van der Waals surface area contributed by atoms with Gasteiger partial charge in [0.25, 0.3) is 0 Å². The number of rotatable bonds is 3. The molecule has 1 aromatic heterocycles. The van der Waals surface area contributed by atoms with E-state index in [2.05, 4.69) is 51.1 Å². The molecule has 1 aliphatic rings. The molecule has 3 atom stereocenters. The van der Waals surface area contributed by atoms with Gasteiger partial charge in [-0.25, -0.2) is 0 Å². The summed E-state index contributed by atoms with van der Waals surface area (Å²) in [5, 5.41) is 11.8. The van der Waals surface area contributed by atoms with Gasteiger partial charge in [0.15, 0.2) is 0 Å². The highest BCUT2D eigenvalue weighted by atomic mass is 16.3. The number of aryl methyl sites for hydroxylation is 1. The van der Waals surface area contributed by atoms with Crippen molar-refractivity contribution in [3.8, 4) is 0 Å². The minimum atomic E-state index is -0.872. The van der Waals surface area contributed by atoms with E-state index in [4.69, 9.17) is 4.98 Å². The third-order valence-corrected chi connectivity index (χ3v) is 5.91. The highest BCUT2D eigenvalue weighted by molar-refractivity contribution is 5.29. The molecule has 1 aromatic carbocycles. The first-order valence-electron chi connectivity index (χ1n) is 9.06. The quantitative estimate of drug-likeness (QED) is 0.863. The molecule has 24 heavy (non-hydrogen) atoms. The molecular formula is C22H29NO. The molecule has 1 saturated carbocycles. The Kier molecular flexibility index (Phi) is 4.52. The minimum Gasteiger partial charge on any atom is -0.383 e. The molecule has 0 spiro atoms. The van der Waals surface area contributed by atoms with E-state index in [0.29, 0.717) is 5.92 Å². The maximum Gasteiger partial charge on any atom is 0.110 e. The number of hydrogen-bond donors (Lipinski definition) is 1. The van der Waals surface area contributed by atoms with Gasteiger partial charge in [-0.3, -0.25) is 4.98 Å². The van der Waals surface area contributed by atoms with E-state index in [1.54, 1.807) is 0 Å². The lowest BCUT2D eigenvalue weighted by Crippen LogP contribution is -2.49. The van der Waals surface area contributed by atoms with Gasteiger partial charge in [-0.15, -0.1) is 0 Å². The summed E-state index contributed by atoms with van der Waals surface area (Å²) in [5.74, 6) is 0.665. The molecule has 2 nitrogen and oxygen atoms in total. The van der Waals surface area contributed by atoms with Gasteiger partial charge in [-0.05, 0) is 48.8 Å². The third kappa shape index (κ3) is 3.00. The van der Waals surface area contributed by atoms with Gasteiger partial charge >= 0.3 is 0 Å². The van der Waals surface area contributed by atoms with Crippen LogP contribution in [0.4, 0.5) is 0 Å². The van der Waals surface area contributed by atoms with Crippen molar-refractivity contribution >= 4 is 0 Å². The van der Waals surface area contributed by atoms with Crippen molar-refractivity contribution in [2.45, 2.75) is 58.0 Å². The lowest BCUT2D eigenvalue weighted by Gasteiger charge is -2.49. The summed E-state index contributed by atoms with van der Waals surface area (Å²) in [4.78, 5) is 4.71. The summed E-state index contributed by atoms with van der Waals surface area (Å²) in [6.45, 7) is 8.77. The lowest BCUT2D eigenvalue weighted by molar-refractivity contribution is -0.0980. The highest BCUT2D eigenvalue weighted by Crippen LogP contribution is 2.51. The molecule has 0 bridgehead atoms. The predicted molar refractivity (Wildman–Crippen MR) is 98.8 cm³/mol. The number of nitrogens with zero attached hydrogens (tertiary/aromatic N) is 1. The number of benzene rings is 1. The molecule has 0 amide bonds. The summed E-state index contributed by atoms with van der Waals surface area (Å²) in [6.07, 6.45) is 2.97.